The Kier molecular flexibility index (Phi) is 3.64. The van der Waals surface area contributed by atoms with Crippen molar-refractivity contribution in [1.29, 1.82) is 0 Å². The normalized spacial score (nSPS) is 12.4. The lowest BCUT2D eigenvalue weighted by atomic mass is 9.99. The fourth-order valence-corrected chi connectivity index (χ4v) is 1.78. The number of hydrazine groups is 1. The standard InChI is InChI=1S/C13H13F2N3/c1-8-5-6-9(7-17-8)13(18-16)12-10(14)3-2-4-11(12)15/h2-7,13,18H,16H2,1H3. The fraction of sp³-hybridized carbons (Fsp3) is 0.154. The number of pyridine rings is 1. The Bertz CT molecular complexity index is 520. The van der Waals surface area contributed by atoms with Gasteiger partial charge in [-0.05, 0) is 30.7 Å². The minimum Gasteiger partial charge on any atom is -0.271 e. The quantitative estimate of drug-likeness (QED) is 0.647. The molecule has 2 aromatic rings. The lowest BCUT2D eigenvalue weighted by Gasteiger charge is -2.18. The summed E-state index contributed by atoms with van der Waals surface area (Å²) in [7, 11) is 0. The second-order valence-corrected chi connectivity index (χ2v) is 3.97. The zero-order valence-corrected chi connectivity index (χ0v) is 9.82. The molecular formula is C13H13F2N3. The van der Waals surface area contributed by atoms with Gasteiger partial charge in [-0.3, -0.25) is 10.8 Å². The molecular weight excluding hydrogens is 236 g/mol. The molecule has 0 spiro atoms. The van der Waals surface area contributed by atoms with Crippen molar-refractivity contribution in [2.75, 3.05) is 0 Å². The predicted octanol–water partition coefficient (Wildman–Crippen LogP) is 2.22. The van der Waals surface area contributed by atoms with Crippen LogP contribution in [0.5, 0.6) is 0 Å². The van der Waals surface area contributed by atoms with Gasteiger partial charge in [-0.2, -0.15) is 0 Å². The summed E-state index contributed by atoms with van der Waals surface area (Å²) in [5, 5.41) is 0. The van der Waals surface area contributed by atoms with Crippen molar-refractivity contribution in [2.24, 2.45) is 5.84 Å². The monoisotopic (exact) mass is 249 g/mol. The molecule has 18 heavy (non-hydrogen) atoms. The molecule has 94 valence electrons. The van der Waals surface area contributed by atoms with Crippen LogP contribution in [0.1, 0.15) is 22.9 Å². The van der Waals surface area contributed by atoms with Crippen LogP contribution in [0, 0.1) is 18.6 Å². The van der Waals surface area contributed by atoms with Gasteiger partial charge in [-0.1, -0.05) is 12.1 Å². The van der Waals surface area contributed by atoms with Gasteiger partial charge in [0.15, 0.2) is 0 Å². The first-order valence-corrected chi connectivity index (χ1v) is 5.46. The molecule has 3 N–H and O–H groups in total. The van der Waals surface area contributed by atoms with Crippen molar-refractivity contribution in [3.63, 3.8) is 0 Å². The highest BCUT2D eigenvalue weighted by atomic mass is 19.1. The van der Waals surface area contributed by atoms with Gasteiger partial charge in [0.2, 0.25) is 0 Å². The molecule has 1 aromatic heterocycles. The van der Waals surface area contributed by atoms with E-state index in [1.807, 2.05) is 6.92 Å². The summed E-state index contributed by atoms with van der Waals surface area (Å²) >= 11 is 0. The highest BCUT2D eigenvalue weighted by molar-refractivity contribution is 5.32. The van der Waals surface area contributed by atoms with Gasteiger partial charge in [0, 0.05) is 17.5 Å². The van der Waals surface area contributed by atoms with E-state index in [1.54, 1.807) is 18.3 Å². The first-order chi connectivity index (χ1) is 8.63. The van der Waals surface area contributed by atoms with Crippen LogP contribution in [0.25, 0.3) is 0 Å². The first kappa shape index (κ1) is 12.6. The molecule has 0 aliphatic heterocycles. The lowest BCUT2D eigenvalue weighted by molar-refractivity contribution is 0.510. The van der Waals surface area contributed by atoms with E-state index in [0.29, 0.717) is 5.56 Å². The molecule has 0 aliphatic carbocycles. The van der Waals surface area contributed by atoms with Crippen LogP contribution in [0.2, 0.25) is 0 Å². The molecule has 5 heteroatoms. The molecule has 1 heterocycles. The number of hydrogen-bond donors (Lipinski definition) is 2. The Balaban J connectivity index is 2.48. The van der Waals surface area contributed by atoms with Gasteiger partial charge in [-0.25, -0.2) is 14.2 Å². The third-order valence-corrected chi connectivity index (χ3v) is 2.72. The van der Waals surface area contributed by atoms with E-state index in [0.717, 1.165) is 5.69 Å². The van der Waals surface area contributed by atoms with E-state index < -0.39 is 17.7 Å². The predicted molar refractivity (Wildman–Crippen MR) is 64.5 cm³/mol. The van der Waals surface area contributed by atoms with Crippen molar-refractivity contribution in [1.82, 2.24) is 10.4 Å². The number of nitrogens with two attached hydrogens (primary N) is 1. The van der Waals surface area contributed by atoms with Crippen molar-refractivity contribution in [2.45, 2.75) is 13.0 Å². The van der Waals surface area contributed by atoms with Crippen LogP contribution in [0.15, 0.2) is 36.5 Å². The molecule has 0 aliphatic rings. The average Bonchev–Trinajstić information content (AvgIpc) is 2.35. The van der Waals surface area contributed by atoms with Gasteiger partial charge >= 0.3 is 0 Å². The molecule has 3 nitrogen and oxygen atoms in total. The topological polar surface area (TPSA) is 50.9 Å². The van der Waals surface area contributed by atoms with E-state index >= 15 is 0 Å². The summed E-state index contributed by atoms with van der Waals surface area (Å²) in [6.45, 7) is 1.83. The zero-order chi connectivity index (χ0) is 13.1. The maximum atomic E-state index is 13.7. The lowest BCUT2D eigenvalue weighted by Crippen LogP contribution is -2.30. The Labute approximate surface area is 104 Å². The van der Waals surface area contributed by atoms with Gasteiger partial charge in [-0.15, -0.1) is 0 Å². The molecule has 0 fully saturated rings. The summed E-state index contributed by atoms with van der Waals surface area (Å²) in [6.07, 6.45) is 1.55. The Morgan fingerprint density at radius 2 is 1.83 bits per heavy atom. The second-order valence-electron chi connectivity index (χ2n) is 3.97. The summed E-state index contributed by atoms with van der Waals surface area (Å²) in [5.41, 5.74) is 3.74. The molecule has 1 atom stereocenters. The van der Waals surface area contributed by atoms with Crippen molar-refractivity contribution in [3.8, 4) is 0 Å². The van der Waals surface area contributed by atoms with Gasteiger partial charge < -0.3 is 0 Å². The summed E-state index contributed by atoms with van der Waals surface area (Å²) in [6, 6.07) is 6.44. The molecule has 1 unspecified atom stereocenters. The third-order valence-electron chi connectivity index (χ3n) is 2.72. The number of aryl methyl sites for hydroxylation is 1. The van der Waals surface area contributed by atoms with E-state index in [4.69, 9.17) is 5.84 Å². The maximum Gasteiger partial charge on any atom is 0.131 e. The third kappa shape index (κ3) is 2.37. The molecule has 2 rings (SSSR count). The van der Waals surface area contributed by atoms with E-state index in [1.165, 1.54) is 18.2 Å². The molecule has 0 saturated heterocycles. The van der Waals surface area contributed by atoms with Gasteiger partial charge in [0.05, 0.1) is 6.04 Å². The van der Waals surface area contributed by atoms with E-state index in [2.05, 4.69) is 10.4 Å². The minimum atomic E-state index is -0.765. The van der Waals surface area contributed by atoms with Crippen LogP contribution in [0.3, 0.4) is 0 Å². The van der Waals surface area contributed by atoms with E-state index in [9.17, 15) is 8.78 Å². The van der Waals surface area contributed by atoms with Crippen LogP contribution in [0.4, 0.5) is 8.78 Å². The highest BCUT2D eigenvalue weighted by Gasteiger charge is 2.20. The second kappa shape index (κ2) is 5.20. The number of rotatable bonds is 3. The van der Waals surface area contributed by atoms with E-state index in [-0.39, 0.29) is 5.56 Å². The van der Waals surface area contributed by atoms with Crippen molar-refractivity contribution < 1.29 is 8.78 Å². The molecule has 0 saturated carbocycles. The van der Waals surface area contributed by atoms with Gasteiger partial charge in [0.1, 0.15) is 11.6 Å². The molecule has 0 bridgehead atoms. The number of halogens is 2. The van der Waals surface area contributed by atoms with Crippen molar-refractivity contribution in [3.05, 3.63) is 65.0 Å². The SMILES string of the molecule is Cc1ccc(C(NN)c2c(F)cccc2F)cn1. The fourth-order valence-electron chi connectivity index (χ4n) is 1.78. The number of nitrogens with zero attached hydrogens (tertiary/aromatic N) is 1. The van der Waals surface area contributed by atoms with Crippen LogP contribution >= 0.6 is 0 Å². The largest absolute Gasteiger partial charge is 0.271 e. The summed E-state index contributed by atoms with van der Waals surface area (Å²) in [5.74, 6) is 4.12. The number of aromatic nitrogens is 1. The maximum absolute atomic E-state index is 13.7. The Morgan fingerprint density at radius 1 is 1.17 bits per heavy atom. The number of benzene rings is 1. The highest BCUT2D eigenvalue weighted by Crippen LogP contribution is 2.25. The average molecular weight is 249 g/mol. The van der Waals surface area contributed by atoms with Crippen LogP contribution in [-0.2, 0) is 0 Å². The Morgan fingerprint density at radius 3 is 2.33 bits per heavy atom. The Hall–Kier alpha value is -1.85. The summed E-state index contributed by atoms with van der Waals surface area (Å²) in [4.78, 5) is 4.09. The molecule has 0 amide bonds. The molecule has 1 aromatic carbocycles. The minimum absolute atomic E-state index is 0.106. The summed E-state index contributed by atoms with van der Waals surface area (Å²) < 4.78 is 27.4. The van der Waals surface area contributed by atoms with Crippen LogP contribution in [-0.4, -0.2) is 4.98 Å². The molecule has 0 radical (unpaired) electrons. The smallest absolute Gasteiger partial charge is 0.131 e. The number of hydrogen-bond acceptors (Lipinski definition) is 3. The zero-order valence-electron chi connectivity index (χ0n) is 9.82. The number of nitrogens with one attached hydrogen (secondary N) is 1. The first-order valence-electron chi connectivity index (χ1n) is 5.46. The van der Waals surface area contributed by atoms with Crippen molar-refractivity contribution >= 4 is 0 Å². The van der Waals surface area contributed by atoms with Gasteiger partial charge in [0.25, 0.3) is 0 Å². The van der Waals surface area contributed by atoms with Crippen LogP contribution < -0.4 is 11.3 Å².